The molecule has 0 fully saturated rings. The molecule has 0 amide bonds. The van der Waals surface area contributed by atoms with Crippen molar-refractivity contribution in [2.24, 2.45) is 0 Å². The van der Waals surface area contributed by atoms with E-state index < -0.39 is 0 Å². The van der Waals surface area contributed by atoms with Gasteiger partial charge in [0.2, 0.25) is 0 Å². The summed E-state index contributed by atoms with van der Waals surface area (Å²) in [5, 5.41) is 22.1. The minimum Gasteiger partial charge on any atom is -0.105 e. The first-order chi connectivity index (χ1) is 39.2. The number of rotatable bonds is 5. The standard InChI is InChI=1S/C78H45P/c79-70-31-17-16-30-61(70)74-52-29-15-13-27-50(52)72(46-22-8-3-9-23-46)67-41-63-58-37-33-54-55-34-38-59-64-42-68-66(40-62(64)57-36-32-53(75(55)77(57)59)56-35-39-60(78(58)76(54)56)65(63)43-69(67)74)71(45-20-6-2-7-21-45)49-26-12-14-28-51(49)73(68)48-25-11-10-24-47(48)44-18-4-1-5-19-44/h1-43H,79H2. The zero-order chi connectivity index (χ0) is 51.6. The van der Waals surface area contributed by atoms with Crippen molar-refractivity contribution in [1.29, 1.82) is 0 Å². The van der Waals surface area contributed by atoms with E-state index in [1.807, 2.05) is 0 Å². The lowest BCUT2D eigenvalue weighted by Gasteiger charge is -2.21. The topological polar surface area (TPSA) is 0 Å². The summed E-state index contributed by atoms with van der Waals surface area (Å²) in [5.41, 5.74) is 23.0. The van der Waals surface area contributed by atoms with Crippen LogP contribution in [0.2, 0.25) is 0 Å². The Morgan fingerprint density at radius 3 is 0.873 bits per heavy atom. The van der Waals surface area contributed by atoms with Crippen LogP contribution in [0.3, 0.4) is 0 Å². The second-order valence-corrected chi connectivity index (χ2v) is 22.5. The summed E-state index contributed by atoms with van der Waals surface area (Å²) >= 11 is 0. The minimum atomic E-state index is 1.20. The van der Waals surface area contributed by atoms with Gasteiger partial charge in [-0.1, -0.05) is 237 Å². The molecule has 0 bridgehead atoms. The molecular weight excluding hydrogens is 968 g/mol. The van der Waals surface area contributed by atoms with Gasteiger partial charge in [-0.15, -0.1) is 9.24 Å². The van der Waals surface area contributed by atoms with Crippen LogP contribution in [0.15, 0.2) is 261 Å². The third-order valence-corrected chi connectivity index (χ3v) is 18.5. The van der Waals surface area contributed by atoms with Crippen molar-refractivity contribution in [2.75, 3.05) is 0 Å². The van der Waals surface area contributed by atoms with Crippen LogP contribution in [0, 0.1) is 0 Å². The Bertz CT molecular complexity index is 5320. The largest absolute Gasteiger partial charge is 0.105 e. The molecule has 18 rings (SSSR count). The molecule has 79 heavy (non-hydrogen) atoms. The Hall–Kier alpha value is -9.71. The van der Waals surface area contributed by atoms with Gasteiger partial charge in [-0.25, -0.2) is 0 Å². The third kappa shape index (κ3) is 5.86. The quantitative estimate of drug-likeness (QED) is 0.0916. The molecule has 0 nitrogen and oxygen atoms in total. The molecule has 1 heteroatoms. The second-order valence-electron chi connectivity index (χ2n) is 21.9. The molecule has 0 saturated heterocycles. The number of benzene rings is 16. The van der Waals surface area contributed by atoms with Crippen LogP contribution < -0.4 is 5.30 Å². The van der Waals surface area contributed by atoms with Crippen molar-refractivity contribution in [1.82, 2.24) is 0 Å². The van der Waals surface area contributed by atoms with Crippen LogP contribution in [-0.4, -0.2) is 0 Å². The predicted molar refractivity (Wildman–Crippen MR) is 343 cm³/mol. The molecule has 0 aliphatic heterocycles. The minimum absolute atomic E-state index is 1.20. The van der Waals surface area contributed by atoms with Gasteiger partial charge in [0.25, 0.3) is 0 Å². The van der Waals surface area contributed by atoms with Crippen LogP contribution in [0.25, 0.3) is 186 Å². The first-order valence-corrected chi connectivity index (χ1v) is 28.1. The predicted octanol–water partition coefficient (Wildman–Crippen LogP) is 21.5. The first-order valence-electron chi connectivity index (χ1n) is 27.5. The lowest BCUT2D eigenvalue weighted by molar-refractivity contribution is 1.60. The van der Waals surface area contributed by atoms with E-state index in [0.29, 0.717) is 0 Å². The van der Waals surface area contributed by atoms with Gasteiger partial charge in [-0.05, 0) is 216 Å². The Balaban J connectivity index is 0.899. The Kier molecular flexibility index (Phi) is 8.88. The summed E-state index contributed by atoms with van der Waals surface area (Å²) in [7, 11) is 3.03. The van der Waals surface area contributed by atoms with Crippen molar-refractivity contribution >= 4 is 101 Å². The summed E-state index contributed by atoms with van der Waals surface area (Å²) in [6, 6.07) is 98.6. The van der Waals surface area contributed by atoms with Gasteiger partial charge in [-0.3, -0.25) is 0 Å². The molecule has 2 aliphatic rings. The summed E-state index contributed by atoms with van der Waals surface area (Å²) in [4.78, 5) is 0. The smallest absolute Gasteiger partial charge is 0.00139 e. The molecule has 0 heterocycles. The van der Waals surface area contributed by atoms with Gasteiger partial charge in [0.1, 0.15) is 0 Å². The lowest BCUT2D eigenvalue weighted by Crippen LogP contribution is -1.99. The van der Waals surface area contributed by atoms with Crippen molar-refractivity contribution in [3.05, 3.63) is 261 Å². The van der Waals surface area contributed by atoms with Crippen LogP contribution in [0.1, 0.15) is 0 Å². The lowest BCUT2D eigenvalue weighted by atomic mass is 9.82. The average molecular weight is 1010 g/mol. The maximum Gasteiger partial charge on any atom is -0.00139 e. The first kappa shape index (κ1) is 43.4. The van der Waals surface area contributed by atoms with Crippen molar-refractivity contribution in [2.45, 2.75) is 0 Å². The van der Waals surface area contributed by atoms with E-state index >= 15 is 0 Å². The number of hydrogen-bond donors (Lipinski definition) is 0. The fourth-order valence-electron chi connectivity index (χ4n) is 14.8. The summed E-state index contributed by atoms with van der Waals surface area (Å²) in [5.74, 6) is 0. The third-order valence-electron chi connectivity index (χ3n) is 18.0. The van der Waals surface area contributed by atoms with E-state index in [1.54, 1.807) is 0 Å². The Morgan fingerprint density at radius 1 is 0.165 bits per heavy atom. The maximum atomic E-state index is 3.03. The van der Waals surface area contributed by atoms with Crippen LogP contribution in [0.4, 0.5) is 0 Å². The second kappa shape index (κ2) is 16.2. The monoisotopic (exact) mass is 1010 g/mol. The summed E-state index contributed by atoms with van der Waals surface area (Å²) in [6.07, 6.45) is 0. The zero-order valence-electron chi connectivity index (χ0n) is 42.9. The van der Waals surface area contributed by atoms with E-state index in [0.717, 1.165) is 0 Å². The molecule has 1 unspecified atom stereocenters. The van der Waals surface area contributed by atoms with E-state index in [1.165, 1.54) is 192 Å². The van der Waals surface area contributed by atoms with Crippen molar-refractivity contribution in [3.8, 4) is 100 Å². The molecule has 1 atom stereocenters. The molecule has 0 spiro atoms. The van der Waals surface area contributed by atoms with Crippen LogP contribution in [0.5, 0.6) is 0 Å². The average Bonchev–Trinajstić information content (AvgIpc) is 3.58. The van der Waals surface area contributed by atoms with Gasteiger partial charge in [0.05, 0.1) is 0 Å². The van der Waals surface area contributed by atoms with Gasteiger partial charge >= 0.3 is 0 Å². The van der Waals surface area contributed by atoms with E-state index in [9.17, 15) is 0 Å². The summed E-state index contributed by atoms with van der Waals surface area (Å²) < 4.78 is 0. The Labute approximate surface area is 459 Å². The highest BCUT2D eigenvalue weighted by Crippen LogP contribution is 2.59. The summed E-state index contributed by atoms with van der Waals surface area (Å²) in [6.45, 7) is 0. The molecule has 16 aromatic rings. The highest BCUT2D eigenvalue weighted by Gasteiger charge is 2.31. The van der Waals surface area contributed by atoms with Gasteiger partial charge in [0, 0.05) is 0 Å². The molecule has 0 aromatic heterocycles. The molecular formula is C78H45P. The van der Waals surface area contributed by atoms with Gasteiger partial charge in [-0.2, -0.15) is 0 Å². The fourth-order valence-corrected chi connectivity index (χ4v) is 15.2. The van der Waals surface area contributed by atoms with Crippen molar-refractivity contribution in [3.63, 3.8) is 0 Å². The zero-order valence-corrected chi connectivity index (χ0v) is 44.1. The molecule has 2 aliphatic carbocycles. The highest BCUT2D eigenvalue weighted by atomic mass is 31.0. The highest BCUT2D eigenvalue weighted by molar-refractivity contribution is 7.28. The van der Waals surface area contributed by atoms with Crippen LogP contribution >= 0.6 is 9.24 Å². The molecule has 16 aromatic carbocycles. The van der Waals surface area contributed by atoms with Gasteiger partial charge in [0.15, 0.2) is 0 Å². The molecule has 0 radical (unpaired) electrons. The SMILES string of the molecule is Pc1ccccc1-c1c2ccccc2c(-c2ccccc2)c2cc3c(cc12)-c1ccc2c4ccc5c6c(ccc(c7ccc-3c1c27)c64)-c1cc2c(-c3ccccc3-c3ccccc3)c3ccccc3c(-c3ccccc3)c2cc1-5. The van der Waals surface area contributed by atoms with Crippen LogP contribution in [-0.2, 0) is 0 Å². The number of fused-ring (bicyclic) bond motifs is 12. The normalized spacial score (nSPS) is 12.4. The van der Waals surface area contributed by atoms with E-state index in [4.69, 9.17) is 0 Å². The Morgan fingerprint density at radius 2 is 0.468 bits per heavy atom. The van der Waals surface area contributed by atoms with E-state index in [2.05, 4.69) is 270 Å². The van der Waals surface area contributed by atoms with Crippen molar-refractivity contribution < 1.29 is 0 Å². The molecule has 0 saturated carbocycles. The van der Waals surface area contributed by atoms with Gasteiger partial charge < -0.3 is 0 Å². The fraction of sp³-hybridized carbons (Fsp3) is 0. The van der Waals surface area contributed by atoms with E-state index in [-0.39, 0.29) is 0 Å². The molecule has 0 N–H and O–H groups in total. The number of hydrogen-bond acceptors (Lipinski definition) is 0. The molecule has 362 valence electrons. The maximum absolute atomic E-state index is 3.03.